The molecule has 2 N–H and O–H groups in total. The van der Waals surface area contributed by atoms with Crippen molar-refractivity contribution >= 4 is 33.3 Å². The topological polar surface area (TPSA) is 109 Å². The number of aromatic nitrogens is 4. The molecule has 8 nitrogen and oxygen atoms in total. The Balaban J connectivity index is 1.28. The van der Waals surface area contributed by atoms with Crippen molar-refractivity contribution in [3.05, 3.63) is 141 Å². The van der Waals surface area contributed by atoms with Gasteiger partial charge in [-0.2, -0.15) is 0 Å². The molecule has 0 aliphatic carbocycles. The molecule has 0 saturated heterocycles. The summed E-state index contributed by atoms with van der Waals surface area (Å²) in [5, 5.41) is 3.37. The summed E-state index contributed by atoms with van der Waals surface area (Å²) < 4.78 is 28.9. The van der Waals surface area contributed by atoms with E-state index in [0.29, 0.717) is 44.9 Å². The molecule has 6 aromatic rings. The first kappa shape index (κ1) is 27.8. The van der Waals surface area contributed by atoms with Crippen LogP contribution in [0.5, 0.6) is 0 Å². The van der Waals surface area contributed by atoms with Crippen LogP contribution < -0.4 is 10.9 Å². The van der Waals surface area contributed by atoms with Crippen LogP contribution in [0.25, 0.3) is 16.6 Å². The zero-order valence-corrected chi connectivity index (χ0v) is 23.7. The Morgan fingerprint density at radius 1 is 1.00 bits per heavy atom. The monoisotopic (exact) mass is 589 g/mol. The fourth-order valence-electron chi connectivity index (χ4n) is 4.61. The lowest BCUT2D eigenvalue weighted by molar-refractivity contribution is 0.0950. The van der Waals surface area contributed by atoms with Crippen molar-refractivity contribution in [3.63, 3.8) is 0 Å². The molecule has 1 unspecified atom stereocenters. The van der Waals surface area contributed by atoms with E-state index in [4.69, 9.17) is 0 Å². The molecule has 3 aromatic carbocycles. The number of hydrogen-bond acceptors (Lipinski definition) is 5. The Morgan fingerprint density at radius 3 is 2.67 bits per heavy atom. The highest BCUT2D eigenvalue weighted by Crippen LogP contribution is 2.21. The Bertz CT molecular complexity index is 2160. The Morgan fingerprint density at radius 2 is 1.84 bits per heavy atom. The Kier molecular flexibility index (Phi) is 7.64. The number of aryl methyl sites for hydroxylation is 1. The number of halogens is 1. The fraction of sp³-hybridized carbons (Fsp3) is 0.0909. The smallest absolute Gasteiger partial charge is 0.258 e. The second-order valence-corrected chi connectivity index (χ2v) is 11.3. The molecule has 10 heteroatoms. The van der Waals surface area contributed by atoms with Crippen molar-refractivity contribution in [1.82, 2.24) is 24.7 Å². The van der Waals surface area contributed by atoms with Crippen LogP contribution in [0.15, 0.2) is 101 Å². The number of H-pyrrole nitrogens is 1. The van der Waals surface area contributed by atoms with E-state index in [-0.39, 0.29) is 23.0 Å². The first-order valence-electron chi connectivity index (χ1n) is 13.3. The number of pyridine rings is 1. The summed E-state index contributed by atoms with van der Waals surface area (Å²) in [6, 6.07) is 19.6. The third-order valence-electron chi connectivity index (χ3n) is 6.78. The van der Waals surface area contributed by atoms with Crippen molar-refractivity contribution in [2.45, 2.75) is 24.1 Å². The van der Waals surface area contributed by atoms with Crippen molar-refractivity contribution < 1.29 is 13.4 Å². The standard InChI is InChI=1S/C33H24FN5O3S/c1-21-37-29-16-24(5-10-28(29)33(41)38-21)20-43(42)30-11-7-26(18-25(30)6-2-22-3-8-27(34)9-4-22)32(40)36-19-23-12-14-39-15-13-35-31(39)17-23/h3-5,7-18H,19-20H2,1H3,(H,36,40)(H,37,38,41). The van der Waals surface area contributed by atoms with Gasteiger partial charge in [0.25, 0.3) is 11.5 Å². The minimum absolute atomic E-state index is 0.149. The predicted octanol–water partition coefficient (Wildman–Crippen LogP) is 4.66. The molecule has 1 amide bonds. The second kappa shape index (κ2) is 11.8. The zero-order valence-electron chi connectivity index (χ0n) is 22.9. The third-order valence-corrected chi connectivity index (χ3v) is 8.22. The molecule has 212 valence electrons. The molecular weight excluding hydrogens is 565 g/mol. The van der Waals surface area contributed by atoms with Crippen molar-refractivity contribution in [3.8, 4) is 11.8 Å². The summed E-state index contributed by atoms with van der Waals surface area (Å²) in [6.45, 7) is 2.00. The maximum absolute atomic E-state index is 13.6. The first-order chi connectivity index (χ1) is 20.8. The highest BCUT2D eigenvalue weighted by atomic mass is 32.2. The maximum atomic E-state index is 13.6. The van der Waals surface area contributed by atoms with E-state index in [2.05, 4.69) is 32.1 Å². The van der Waals surface area contributed by atoms with Gasteiger partial charge in [-0.25, -0.2) is 14.4 Å². The summed E-state index contributed by atoms with van der Waals surface area (Å²) in [7, 11) is -1.54. The normalized spacial score (nSPS) is 11.7. The summed E-state index contributed by atoms with van der Waals surface area (Å²) >= 11 is 0. The van der Waals surface area contributed by atoms with Gasteiger partial charge >= 0.3 is 0 Å². The van der Waals surface area contributed by atoms with Crippen LogP contribution >= 0.6 is 0 Å². The first-order valence-corrected chi connectivity index (χ1v) is 14.6. The molecule has 6 rings (SSSR count). The molecule has 0 aliphatic rings. The minimum atomic E-state index is -1.54. The second-order valence-electron chi connectivity index (χ2n) is 9.87. The van der Waals surface area contributed by atoms with Gasteiger partial charge in [-0.05, 0) is 84.8 Å². The number of nitrogens with zero attached hydrogens (tertiary/aromatic N) is 3. The van der Waals surface area contributed by atoms with Crippen LogP contribution in [-0.2, 0) is 23.1 Å². The molecule has 0 fully saturated rings. The van der Waals surface area contributed by atoms with Gasteiger partial charge in [0, 0.05) is 41.8 Å². The van der Waals surface area contributed by atoms with Gasteiger partial charge in [-0.15, -0.1) is 0 Å². The van der Waals surface area contributed by atoms with E-state index in [0.717, 1.165) is 16.8 Å². The van der Waals surface area contributed by atoms with Gasteiger partial charge in [-0.1, -0.05) is 17.9 Å². The Labute approximate surface area is 248 Å². The number of rotatable bonds is 6. The molecule has 0 bridgehead atoms. The van der Waals surface area contributed by atoms with Gasteiger partial charge in [0.2, 0.25) is 0 Å². The van der Waals surface area contributed by atoms with Gasteiger partial charge in [-0.3, -0.25) is 13.8 Å². The summed E-state index contributed by atoms with van der Waals surface area (Å²) in [5.74, 6) is 5.97. The van der Waals surface area contributed by atoms with Crippen LogP contribution in [0, 0.1) is 24.6 Å². The van der Waals surface area contributed by atoms with Crippen LogP contribution in [0.3, 0.4) is 0 Å². The molecule has 3 heterocycles. The number of benzene rings is 3. The van der Waals surface area contributed by atoms with Crippen LogP contribution in [0.1, 0.15) is 38.4 Å². The molecule has 0 radical (unpaired) electrons. The molecule has 0 saturated carbocycles. The van der Waals surface area contributed by atoms with E-state index in [1.807, 2.05) is 28.9 Å². The highest BCUT2D eigenvalue weighted by molar-refractivity contribution is 7.84. The maximum Gasteiger partial charge on any atom is 0.258 e. The van der Waals surface area contributed by atoms with Gasteiger partial charge in [0.1, 0.15) is 17.3 Å². The number of hydrogen-bond donors (Lipinski definition) is 2. The number of aromatic amines is 1. The summed E-state index contributed by atoms with van der Waals surface area (Å²) in [6.07, 6.45) is 5.43. The zero-order chi connectivity index (χ0) is 29.9. The molecule has 0 spiro atoms. The van der Waals surface area contributed by atoms with Crippen molar-refractivity contribution in [2.75, 3.05) is 0 Å². The Hall–Kier alpha value is -5.40. The lowest BCUT2D eigenvalue weighted by Gasteiger charge is -2.10. The largest absolute Gasteiger partial charge is 0.348 e. The van der Waals surface area contributed by atoms with E-state index < -0.39 is 10.8 Å². The van der Waals surface area contributed by atoms with Gasteiger partial charge < -0.3 is 14.7 Å². The highest BCUT2D eigenvalue weighted by Gasteiger charge is 2.15. The average molecular weight is 590 g/mol. The SMILES string of the molecule is Cc1nc2cc(CS(=O)c3ccc(C(=O)NCc4ccn5ccnc5c4)cc3C#Cc3ccc(F)cc3)ccc2c(=O)[nH]1. The minimum Gasteiger partial charge on any atom is -0.348 e. The number of carbonyl (C=O) groups is 1. The number of carbonyl (C=O) groups excluding carboxylic acids is 1. The summed E-state index contributed by atoms with van der Waals surface area (Å²) in [4.78, 5) is 37.1. The molecule has 3 aromatic heterocycles. The van der Waals surface area contributed by atoms with E-state index in [1.165, 1.54) is 12.1 Å². The predicted molar refractivity (Wildman–Crippen MR) is 162 cm³/mol. The van der Waals surface area contributed by atoms with Crippen LogP contribution in [0.4, 0.5) is 4.39 Å². The molecular formula is C33H24FN5O3S. The molecule has 0 aliphatic heterocycles. The number of amides is 1. The van der Waals surface area contributed by atoms with Crippen molar-refractivity contribution in [2.24, 2.45) is 0 Å². The lowest BCUT2D eigenvalue weighted by atomic mass is 10.1. The molecule has 43 heavy (non-hydrogen) atoms. The third kappa shape index (κ3) is 6.27. The summed E-state index contributed by atoms with van der Waals surface area (Å²) in [5.41, 5.74) is 4.04. The van der Waals surface area contributed by atoms with E-state index >= 15 is 0 Å². The fourth-order valence-corrected chi connectivity index (χ4v) is 5.82. The van der Waals surface area contributed by atoms with E-state index in [1.54, 1.807) is 61.7 Å². The van der Waals surface area contributed by atoms with Gasteiger partial charge in [0.05, 0.1) is 32.4 Å². The van der Waals surface area contributed by atoms with Crippen LogP contribution in [0.2, 0.25) is 0 Å². The van der Waals surface area contributed by atoms with Crippen LogP contribution in [-0.4, -0.2) is 29.5 Å². The quantitative estimate of drug-likeness (QED) is 0.275. The average Bonchev–Trinajstić information content (AvgIpc) is 3.47. The lowest BCUT2D eigenvalue weighted by Crippen LogP contribution is -2.23. The van der Waals surface area contributed by atoms with E-state index in [9.17, 15) is 18.2 Å². The number of nitrogens with one attached hydrogen (secondary N) is 2. The molecule has 1 atom stereocenters. The number of fused-ring (bicyclic) bond motifs is 2. The number of imidazole rings is 1. The van der Waals surface area contributed by atoms with Crippen molar-refractivity contribution in [1.29, 1.82) is 0 Å². The van der Waals surface area contributed by atoms with Gasteiger partial charge in [0.15, 0.2) is 0 Å².